The molecule has 0 saturated heterocycles. The van der Waals surface area contributed by atoms with E-state index in [0.29, 0.717) is 12.5 Å². The highest BCUT2D eigenvalue weighted by Gasteiger charge is 2.32. The van der Waals surface area contributed by atoms with Gasteiger partial charge in [0, 0.05) is 25.2 Å². The van der Waals surface area contributed by atoms with Crippen molar-refractivity contribution in [2.24, 2.45) is 5.92 Å². The number of amides is 1. The van der Waals surface area contributed by atoms with Crippen molar-refractivity contribution >= 4 is 11.6 Å². The molecule has 1 atom stereocenters. The van der Waals surface area contributed by atoms with Crippen molar-refractivity contribution in [2.45, 2.75) is 31.7 Å². The van der Waals surface area contributed by atoms with Gasteiger partial charge in [0.2, 0.25) is 5.91 Å². The van der Waals surface area contributed by atoms with Gasteiger partial charge >= 0.3 is 0 Å². The molecule has 1 saturated carbocycles. The Kier molecular flexibility index (Phi) is 2.86. The molecule has 3 nitrogen and oxygen atoms in total. The fourth-order valence-electron chi connectivity index (χ4n) is 2.97. The summed E-state index contributed by atoms with van der Waals surface area (Å²) >= 11 is 0. The molecule has 18 heavy (non-hydrogen) atoms. The monoisotopic (exact) mass is 244 g/mol. The van der Waals surface area contributed by atoms with Crippen LogP contribution in [0.15, 0.2) is 18.2 Å². The molecule has 1 fully saturated rings. The summed E-state index contributed by atoms with van der Waals surface area (Å²) in [7, 11) is 3.91. The van der Waals surface area contributed by atoms with E-state index in [4.69, 9.17) is 0 Å². The number of fused-ring (bicyclic) bond motifs is 1. The highest BCUT2D eigenvalue weighted by atomic mass is 16.2. The molecule has 2 aliphatic rings. The van der Waals surface area contributed by atoms with Crippen LogP contribution in [0.4, 0.5) is 5.69 Å². The number of aryl methyl sites for hydroxylation is 1. The Labute approximate surface area is 108 Å². The maximum Gasteiger partial charge on any atom is 0.227 e. The van der Waals surface area contributed by atoms with E-state index in [0.717, 1.165) is 18.0 Å². The summed E-state index contributed by atoms with van der Waals surface area (Å²) in [4.78, 5) is 13.4. The van der Waals surface area contributed by atoms with Crippen LogP contribution >= 0.6 is 0 Å². The van der Waals surface area contributed by atoms with Gasteiger partial charge in [-0.05, 0) is 49.4 Å². The zero-order valence-corrected chi connectivity index (χ0v) is 11.1. The maximum absolute atomic E-state index is 11.7. The first-order valence-corrected chi connectivity index (χ1v) is 6.77. The lowest BCUT2D eigenvalue weighted by atomic mass is 9.94. The van der Waals surface area contributed by atoms with E-state index in [1.807, 2.05) is 14.1 Å². The smallest absolute Gasteiger partial charge is 0.227 e. The largest absolute Gasteiger partial charge is 0.315 e. The second kappa shape index (κ2) is 4.39. The lowest BCUT2D eigenvalue weighted by Crippen LogP contribution is -2.31. The van der Waals surface area contributed by atoms with E-state index in [1.54, 1.807) is 4.90 Å². The van der Waals surface area contributed by atoms with Gasteiger partial charge in [0.1, 0.15) is 0 Å². The first kappa shape index (κ1) is 11.7. The van der Waals surface area contributed by atoms with Gasteiger partial charge in [-0.15, -0.1) is 0 Å². The van der Waals surface area contributed by atoms with Crippen LogP contribution in [0, 0.1) is 5.92 Å². The molecule has 0 aromatic heterocycles. The van der Waals surface area contributed by atoms with Gasteiger partial charge in [0.05, 0.1) is 0 Å². The van der Waals surface area contributed by atoms with Crippen LogP contribution in [0.2, 0.25) is 0 Å². The second-order valence-electron chi connectivity index (χ2n) is 5.44. The van der Waals surface area contributed by atoms with Crippen LogP contribution in [-0.4, -0.2) is 20.0 Å². The number of hydrogen-bond donors (Lipinski definition) is 1. The molecule has 1 aliphatic carbocycles. The summed E-state index contributed by atoms with van der Waals surface area (Å²) in [5.74, 6) is 1.03. The van der Waals surface area contributed by atoms with Crippen LogP contribution in [-0.2, 0) is 11.2 Å². The molecule has 0 radical (unpaired) electrons. The summed E-state index contributed by atoms with van der Waals surface area (Å²) in [5, 5.41) is 3.43. The maximum atomic E-state index is 11.7. The Morgan fingerprint density at radius 3 is 2.78 bits per heavy atom. The zero-order valence-electron chi connectivity index (χ0n) is 11.1. The minimum absolute atomic E-state index is 0.225. The number of rotatable bonds is 3. The lowest BCUT2D eigenvalue weighted by molar-refractivity contribution is -0.118. The average Bonchev–Trinajstić information content (AvgIpc) is 3.20. The molecule has 1 heterocycles. The van der Waals surface area contributed by atoms with E-state index < -0.39 is 0 Å². The summed E-state index contributed by atoms with van der Waals surface area (Å²) in [6, 6.07) is 7.05. The van der Waals surface area contributed by atoms with E-state index in [9.17, 15) is 4.79 Å². The van der Waals surface area contributed by atoms with E-state index in [-0.39, 0.29) is 5.91 Å². The van der Waals surface area contributed by atoms with Crippen molar-refractivity contribution in [1.82, 2.24) is 5.32 Å². The Bertz CT molecular complexity index is 479. The van der Waals surface area contributed by atoms with Gasteiger partial charge in [-0.3, -0.25) is 4.79 Å². The third-order valence-corrected chi connectivity index (χ3v) is 4.21. The van der Waals surface area contributed by atoms with Gasteiger partial charge in [-0.1, -0.05) is 12.1 Å². The minimum atomic E-state index is 0.225. The van der Waals surface area contributed by atoms with Gasteiger partial charge in [0.25, 0.3) is 0 Å². The number of anilines is 1. The zero-order chi connectivity index (χ0) is 12.7. The number of benzene rings is 1. The fourth-order valence-corrected chi connectivity index (χ4v) is 2.97. The highest BCUT2D eigenvalue weighted by Crippen LogP contribution is 2.42. The third-order valence-electron chi connectivity index (χ3n) is 4.21. The SMILES string of the molecule is CNC(c1ccc2c(c1)CCC(=O)N2C)C1CC1. The van der Waals surface area contributed by atoms with Crippen LogP contribution in [0.3, 0.4) is 0 Å². The van der Waals surface area contributed by atoms with Crippen LogP contribution < -0.4 is 10.2 Å². The van der Waals surface area contributed by atoms with Crippen LogP contribution in [0.25, 0.3) is 0 Å². The Morgan fingerprint density at radius 1 is 1.33 bits per heavy atom. The molecule has 0 bridgehead atoms. The quantitative estimate of drug-likeness (QED) is 0.884. The molecule has 1 unspecified atom stereocenters. The molecule has 1 N–H and O–H groups in total. The molecule has 0 spiro atoms. The first-order chi connectivity index (χ1) is 8.70. The summed E-state index contributed by atoms with van der Waals surface area (Å²) in [5.41, 5.74) is 3.78. The average molecular weight is 244 g/mol. The second-order valence-corrected chi connectivity index (χ2v) is 5.44. The predicted octanol–water partition coefficient (Wildman–Crippen LogP) is 2.27. The molecular formula is C15H20N2O. The first-order valence-electron chi connectivity index (χ1n) is 6.77. The third kappa shape index (κ3) is 1.93. The Morgan fingerprint density at radius 2 is 2.11 bits per heavy atom. The van der Waals surface area contributed by atoms with E-state index in [1.165, 1.54) is 24.0 Å². The van der Waals surface area contributed by atoms with Crippen LogP contribution in [0.1, 0.15) is 36.4 Å². The molecule has 3 rings (SSSR count). The van der Waals surface area contributed by atoms with E-state index >= 15 is 0 Å². The highest BCUT2D eigenvalue weighted by molar-refractivity contribution is 5.95. The van der Waals surface area contributed by atoms with Crippen molar-refractivity contribution < 1.29 is 4.79 Å². The van der Waals surface area contributed by atoms with Gasteiger partial charge in [-0.2, -0.15) is 0 Å². The molecular weight excluding hydrogens is 224 g/mol. The van der Waals surface area contributed by atoms with Gasteiger partial charge in [-0.25, -0.2) is 0 Å². The molecule has 3 heteroatoms. The van der Waals surface area contributed by atoms with Gasteiger partial charge in [0.15, 0.2) is 0 Å². The number of hydrogen-bond acceptors (Lipinski definition) is 2. The number of carbonyl (C=O) groups excluding carboxylic acids is 1. The number of carbonyl (C=O) groups is 1. The van der Waals surface area contributed by atoms with Crippen molar-refractivity contribution in [3.63, 3.8) is 0 Å². The van der Waals surface area contributed by atoms with Crippen molar-refractivity contribution in [2.75, 3.05) is 19.0 Å². The van der Waals surface area contributed by atoms with Gasteiger partial charge < -0.3 is 10.2 Å². The standard InChI is InChI=1S/C15H20N2O/c1-16-15(10-3-4-10)12-5-7-13-11(9-12)6-8-14(18)17(13)2/h5,7,9-10,15-16H,3-4,6,8H2,1-2H3. The molecule has 96 valence electrons. The normalized spacial score (nSPS) is 20.8. The molecule has 1 amide bonds. The summed E-state index contributed by atoms with van der Waals surface area (Å²) in [6.07, 6.45) is 4.19. The molecule has 1 aromatic carbocycles. The molecule has 1 aliphatic heterocycles. The number of nitrogens with one attached hydrogen (secondary N) is 1. The summed E-state index contributed by atoms with van der Waals surface area (Å²) in [6.45, 7) is 0. The topological polar surface area (TPSA) is 32.3 Å². The fraction of sp³-hybridized carbons (Fsp3) is 0.533. The Hall–Kier alpha value is -1.35. The lowest BCUT2D eigenvalue weighted by Gasteiger charge is -2.27. The predicted molar refractivity (Wildman–Crippen MR) is 72.7 cm³/mol. The van der Waals surface area contributed by atoms with Crippen molar-refractivity contribution in [3.8, 4) is 0 Å². The molecule has 1 aromatic rings. The number of nitrogens with zero attached hydrogens (tertiary/aromatic N) is 1. The Balaban J connectivity index is 1.93. The van der Waals surface area contributed by atoms with Crippen molar-refractivity contribution in [1.29, 1.82) is 0 Å². The van der Waals surface area contributed by atoms with Crippen LogP contribution in [0.5, 0.6) is 0 Å². The summed E-state index contributed by atoms with van der Waals surface area (Å²) < 4.78 is 0. The van der Waals surface area contributed by atoms with E-state index in [2.05, 4.69) is 23.5 Å². The minimum Gasteiger partial charge on any atom is -0.315 e. The van der Waals surface area contributed by atoms with Crippen molar-refractivity contribution in [3.05, 3.63) is 29.3 Å².